The third kappa shape index (κ3) is 2.35. The quantitative estimate of drug-likeness (QED) is 0.819. The van der Waals surface area contributed by atoms with Crippen LogP contribution in [0, 0.1) is 5.41 Å². The number of ketones is 1. The van der Waals surface area contributed by atoms with Gasteiger partial charge in [-0.05, 0) is 30.3 Å². The lowest BCUT2D eigenvalue weighted by molar-refractivity contribution is 0.0858. The minimum atomic E-state index is -0.355. The van der Waals surface area contributed by atoms with Crippen molar-refractivity contribution in [1.82, 2.24) is 4.98 Å². The van der Waals surface area contributed by atoms with E-state index in [1.54, 1.807) is 0 Å². The molecule has 0 atom stereocenters. The molecule has 0 saturated carbocycles. The van der Waals surface area contributed by atoms with E-state index in [9.17, 15) is 4.79 Å². The van der Waals surface area contributed by atoms with Gasteiger partial charge in [-0.1, -0.05) is 20.8 Å². The van der Waals surface area contributed by atoms with Crippen molar-refractivity contribution < 1.29 is 4.79 Å². The lowest BCUT2D eigenvalue weighted by atomic mass is 9.86. The highest BCUT2D eigenvalue weighted by atomic mass is 16.1. The molecule has 0 amide bonds. The number of carbonyl (C=O) groups excluding carboxylic acids is 1. The van der Waals surface area contributed by atoms with Crippen molar-refractivity contribution in [2.45, 2.75) is 20.8 Å². The van der Waals surface area contributed by atoms with Crippen LogP contribution in [0.3, 0.4) is 0 Å². The third-order valence-corrected chi connectivity index (χ3v) is 2.89. The monoisotopic (exact) mass is 242 g/mol. The van der Waals surface area contributed by atoms with E-state index < -0.39 is 0 Å². The van der Waals surface area contributed by atoms with Gasteiger partial charge in [0.25, 0.3) is 0 Å². The van der Waals surface area contributed by atoms with E-state index in [0.29, 0.717) is 0 Å². The number of rotatable bonds is 2. The standard InChI is InChI=1S/C15H18N2O/c1-15(2,3)14(18)11-5-7-12-10(9-11)6-8-13(16-4)17-12/h5-9H,1-4H3,(H,16,17). The van der Waals surface area contributed by atoms with Crippen LogP contribution in [0.15, 0.2) is 30.3 Å². The number of Topliss-reactive ketones (excluding diaryl/α,β-unsaturated/α-hetero) is 1. The molecule has 2 rings (SSSR count). The first kappa shape index (κ1) is 12.6. The molecular formula is C15H18N2O. The molecule has 1 aromatic heterocycles. The lowest BCUT2D eigenvalue weighted by Gasteiger charge is -2.16. The predicted molar refractivity (Wildman–Crippen MR) is 75.1 cm³/mol. The Balaban J connectivity index is 2.49. The maximum Gasteiger partial charge on any atom is 0.168 e. The zero-order chi connectivity index (χ0) is 13.3. The number of nitrogens with one attached hydrogen (secondary N) is 1. The molecule has 1 N–H and O–H groups in total. The van der Waals surface area contributed by atoms with Crippen molar-refractivity contribution in [2.24, 2.45) is 5.41 Å². The van der Waals surface area contributed by atoms with Crippen LogP contribution in [0.25, 0.3) is 10.9 Å². The van der Waals surface area contributed by atoms with Crippen LogP contribution in [0.4, 0.5) is 5.82 Å². The summed E-state index contributed by atoms with van der Waals surface area (Å²) >= 11 is 0. The summed E-state index contributed by atoms with van der Waals surface area (Å²) in [5, 5.41) is 3.99. The van der Waals surface area contributed by atoms with E-state index in [-0.39, 0.29) is 11.2 Å². The molecule has 2 aromatic rings. The number of aromatic nitrogens is 1. The van der Waals surface area contributed by atoms with Crippen LogP contribution in [-0.4, -0.2) is 17.8 Å². The van der Waals surface area contributed by atoms with Crippen LogP contribution in [0.2, 0.25) is 0 Å². The van der Waals surface area contributed by atoms with Gasteiger partial charge in [0.1, 0.15) is 5.82 Å². The van der Waals surface area contributed by atoms with E-state index in [0.717, 1.165) is 22.3 Å². The Kier molecular flexibility index (Phi) is 3.07. The molecule has 3 nitrogen and oxygen atoms in total. The van der Waals surface area contributed by atoms with Crippen molar-refractivity contribution in [1.29, 1.82) is 0 Å². The molecule has 94 valence electrons. The third-order valence-electron chi connectivity index (χ3n) is 2.89. The smallest absolute Gasteiger partial charge is 0.168 e. The van der Waals surface area contributed by atoms with Gasteiger partial charge in [0.15, 0.2) is 5.78 Å². The summed E-state index contributed by atoms with van der Waals surface area (Å²) in [5.41, 5.74) is 1.28. The highest BCUT2D eigenvalue weighted by Gasteiger charge is 2.22. The van der Waals surface area contributed by atoms with E-state index in [1.165, 1.54) is 0 Å². The van der Waals surface area contributed by atoms with Gasteiger partial charge >= 0.3 is 0 Å². The molecule has 0 unspecified atom stereocenters. The SMILES string of the molecule is CNc1ccc2cc(C(=O)C(C)(C)C)ccc2n1. The maximum absolute atomic E-state index is 12.2. The maximum atomic E-state index is 12.2. The summed E-state index contributed by atoms with van der Waals surface area (Å²) in [6.07, 6.45) is 0. The van der Waals surface area contributed by atoms with Crippen molar-refractivity contribution >= 4 is 22.5 Å². The van der Waals surface area contributed by atoms with E-state index in [1.807, 2.05) is 58.2 Å². The van der Waals surface area contributed by atoms with Crippen molar-refractivity contribution in [3.8, 4) is 0 Å². The first-order valence-corrected chi connectivity index (χ1v) is 6.05. The minimum Gasteiger partial charge on any atom is -0.373 e. The van der Waals surface area contributed by atoms with Crippen LogP contribution >= 0.6 is 0 Å². The Morgan fingerprint density at radius 1 is 1.17 bits per heavy atom. The lowest BCUT2D eigenvalue weighted by Crippen LogP contribution is -2.20. The van der Waals surface area contributed by atoms with Gasteiger partial charge in [0, 0.05) is 23.4 Å². The Morgan fingerprint density at radius 3 is 2.50 bits per heavy atom. The number of benzene rings is 1. The highest BCUT2D eigenvalue weighted by Crippen LogP contribution is 2.23. The number of hydrogen-bond donors (Lipinski definition) is 1. The molecule has 0 aliphatic carbocycles. The highest BCUT2D eigenvalue weighted by molar-refractivity contribution is 6.02. The Hall–Kier alpha value is -1.90. The fraction of sp³-hybridized carbons (Fsp3) is 0.333. The fourth-order valence-electron chi connectivity index (χ4n) is 1.84. The number of fused-ring (bicyclic) bond motifs is 1. The second-order valence-corrected chi connectivity index (χ2v) is 5.43. The van der Waals surface area contributed by atoms with E-state index in [4.69, 9.17) is 0 Å². The molecule has 0 saturated heterocycles. The molecule has 0 aliphatic heterocycles. The van der Waals surface area contributed by atoms with Gasteiger partial charge < -0.3 is 5.32 Å². The number of hydrogen-bond acceptors (Lipinski definition) is 3. The normalized spacial score (nSPS) is 11.6. The molecular weight excluding hydrogens is 224 g/mol. The van der Waals surface area contributed by atoms with E-state index in [2.05, 4.69) is 10.3 Å². The molecule has 1 aromatic carbocycles. The predicted octanol–water partition coefficient (Wildman–Crippen LogP) is 3.51. The van der Waals surface area contributed by atoms with Gasteiger partial charge in [-0.3, -0.25) is 4.79 Å². The number of anilines is 1. The zero-order valence-corrected chi connectivity index (χ0v) is 11.2. The van der Waals surface area contributed by atoms with Gasteiger partial charge in [-0.15, -0.1) is 0 Å². The topological polar surface area (TPSA) is 42.0 Å². The molecule has 0 bridgehead atoms. The van der Waals surface area contributed by atoms with Crippen LogP contribution in [0.1, 0.15) is 31.1 Å². The second kappa shape index (κ2) is 4.41. The largest absolute Gasteiger partial charge is 0.373 e. The Labute approximate surface area is 107 Å². The second-order valence-electron chi connectivity index (χ2n) is 5.43. The van der Waals surface area contributed by atoms with Gasteiger partial charge in [-0.2, -0.15) is 0 Å². The summed E-state index contributed by atoms with van der Waals surface area (Å²) in [7, 11) is 1.84. The molecule has 3 heteroatoms. The van der Waals surface area contributed by atoms with Gasteiger partial charge in [-0.25, -0.2) is 4.98 Å². The first-order valence-electron chi connectivity index (χ1n) is 6.05. The number of nitrogens with zero attached hydrogens (tertiary/aromatic N) is 1. The fourth-order valence-corrected chi connectivity index (χ4v) is 1.84. The van der Waals surface area contributed by atoms with Crippen molar-refractivity contribution in [2.75, 3.05) is 12.4 Å². The zero-order valence-electron chi connectivity index (χ0n) is 11.2. The van der Waals surface area contributed by atoms with Crippen LogP contribution in [0.5, 0.6) is 0 Å². The number of pyridine rings is 1. The average Bonchev–Trinajstić information content (AvgIpc) is 2.35. The summed E-state index contributed by atoms with van der Waals surface area (Å²) < 4.78 is 0. The molecule has 0 radical (unpaired) electrons. The first-order chi connectivity index (χ1) is 8.41. The molecule has 0 fully saturated rings. The molecule has 18 heavy (non-hydrogen) atoms. The average molecular weight is 242 g/mol. The van der Waals surface area contributed by atoms with Crippen molar-refractivity contribution in [3.63, 3.8) is 0 Å². The van der Waals surface area contributed by atoms with E-state index >= 15 is 0 Å². The van der Waals surface area contributed by atoms with Gasteiger partial charge in [0.2, 0.25) is 0 Å². The van der Waals surface area contributed by atoms with Crippen LogP contribution in [-0.2, 0) is 0 Å². The molecule has 0 aliphatic rings. The van der Waals surface area contributed by atoms with Crippen molar-refractivity contribution in [3.05, 3.63) is 35.9 Å². The summed E-state index contributed by atoms with van der Waals surface area (Å²) in [6.45, 7) is 5.80. The summed E-state index contributed by atoms with van der Waals surface area (Å²) in [6, 6.07) is 9.55. The summed E-state index contributed by atoms with van der Waals surface area (Å²) in [4.78, 5) is 16.6. The Bertz CT molecular complexity index is 597. The van der Waals surface area contributed by atoms with Crippen LogP contribution < -0.4 is 5.32 Å². The summed E-state index contributed by atoms with van der Waals surface area (Å²) in [5.74, 6) is 0.986. The minimum absolute atomic E-state index is 0.155. The van der Waals surface area contributed by atoms with Gasteiger partial charge in [0.05, 0.1) is 5.52 Å². The number of carbonyl (C=O) groups is 1. The Morgan fingerprint density at radius 2 is 1.89 bits per heavy atom. The molecule has 1 heterocycles. The molecule has 0 spiro atoms.